The number of benzene rings is 2. The van der Waals surface area contributed by atoms with Crippen LogP contribution in [0.2, 0.25) is 0 Å². The number of hydrogen-bond donors (Lipinski definition) is 1. The van der Waals surface area contributed by atoms with E-state index in [9.17, 15) is 18.4 Å². The van der Waals surface area contributed by atoms with Gasteiger partial charge in [-0.15, -0.1) is 0 Å². The van der Waals surface area contributed by atoms with Gasteiger partial charge < -0.3 is 19.5 Å². The molecule has 1 aliphatic rings. The quantitative estimate of drug-likeness (QED) is 0.859. The van der Waals surface area contributed by atoms with Crippen molar-refractivity contribution in [1.29, 1.82) is 0 Å². The molecule has 1 N–H and O–H groups in total. The van der Waals surface area contributed by atoms with Gasteiger partial charge in [-0.3, -0.25) is 4.79 Å². The third-order valence-corrected chi connectivity index (χ3v) is 3.52. The second kappa shape index (κ2) is 6.76. The van der Waals surface area contributed by atoms with Gasteiger partial charge >= 0.3 is 5.97 Å². The van der Waals surface area contributed by atoms with Crippen LogP contribution < -0.4 is 14.8 Å². The molecule has 0 bridgehead atoms. The van der Waals surface area contributed by atoms with Crippen LogP contribution in [-0.4, -0.2) is 25.8 Å². The highest BCUT2D eigenvalue weighted by molar-refractivity contribution is 6.02. The first-order valence-electron chi connectivity index (χ1n) is 7.23. The van der Waals surface area contributed by atoms with Gasteiger partial charge in [0.2, 0.25) is 12.7 Å². The summed E-state index contributed by atoms with van der Waals surface area (Å²) in [5, 5.41) is 2.33. The zero-order chi connectivity index (χ0) is 18.0. The smallest absolute Gasteiger partial charge is 0.342 e. The van der Waals surface area contributed by atoms with E-state index in [0.29, 0.717) is 23.1 Å². The number of ether oxygens (including phenoxy) is 3. The molecule has 0 aliphatic carbocycles. The average Bonchev–Trinajstić information content (AvgIpc) is 3.01. The Hall–Kier alpha value is -3.16. The van der Waals surface area contributed by atoms with Crippen LogP contribution in [0.4, 0.5) is 14.5 Å². The Labute approximate surface area is 141 Å². The maximum atomic E-state index is 13.9. The molecule has 1 aliphatic heterocycles. The summed E-state index contributed by atoms with van der Waals surface area (Å²) in [5.74, 6) is -2.54. The minimum atomic E-state index is -1.12. The van der Waals surface area contributed by atoms with Crippen LogP contribution in [0, 0.1) is 11.6 Å². The number of nitrogens with one attached hydrogen (secondary N) is 1. The van der Waals surface area contributed by atoms with E-state index in [0.717, 1.165) is 13.2 Å². The van der Waals surface area contributed by atoms with Gasteiger partial charge in [-0.1, -0.05) is 6.07 Å². The Morgan fingerprint density at radius 2 is 1.92 bits per heavy atom. The molecule has 3 rings (SSSR count). The minimum absolute atomic E-state index is 0.0879. The summed E-state index contributed by atoms with van der Waals surface area (Å²) in [6.07, 6.45) is -0.0879. The summed E-state index contributed by atoms with van der Waals surface area (Å²) < 4.78 is 42.1. The topological polar surface area (TPSA) is 73.9 Å². The standard InChI is InChI=1S/C17H13F2NO5/c1-23-17(22)16-11(19)6-10(18)7-12(16)20-15(21)5-9-2-3-13-14(4-9)25-8-24-13/h2-4,6-7H,5,8H2,1H3,(H,20,21). The van der Waals surface area contributed by atoms with Crippen LogP contribution in [0.5, 0.6) is 11.5 Å². The van der Waals surface area contributed by atoms with Crippen molar-refractivity contribution in [2.45, 2.75) is 6.42 Å². The Kier molecular flexibility index (Phi) is 4.51. The first kappa shape index (κ1) is 16.7. The van der Waals surface area contributed by atoms with Gasteiger partial charge in [0.05, 0.1) is 19.2 Å². The molecule has 8 heteroatoms. The number of methoxy groups -OCH3 is 1. The number of halogens is 2. The lowest BCUT2D eigenvalue weighted by atomic mass is 10.1. The molecule has 1 amide bonds. The monoisotopic (exact) mass is 349 g/mol. The lowest BCUT2D eigenvalue weighted by Crippen LogP contribution is -2.18. The molecule has 0 radical (unpaired) electrons. The van der Waals surface area contributed by atoms with E-state index in [2.05, 4.69) is 10.1 Å². The molecular formula is C17H13F2NO5. The molecule has 0 fully saturated rings. The second-order valence-corrected chi connectivity index (χ2v) is 5.21. The third-order valence-electron chi connectivity index (χ3n) is 3.52. The molecular weight excluding hydrogens is 336 g/mol. The van der Waals surface area contributed by atoms with Gasteiger partial charge in [0.15, 0.2) is 11.5 Å². The van der Waals surface area contributed by atoms with Gasteiger partial charge in [0, 0.05) is 6.07 Å². The molecule has 2 aromatic rings. The number of fused-ring (bicyclic) bond motifs is 1. The normalized spacial score (nSPS) is 12.0. The molecule has 0 atom stereocenters. The van der Waals surface area contributed by atoms with E-state index < -0.39 is 29.1 Å². The predicted octanol–water partition coefficient (Wildman–Crippen LogP) is 2.66. The van der Waals surface area contributed by atoms with E-state index in [-0.39, 0.29) is 18.9 Å². The van der Waals surface area contributed by atoms with Crippen LogP contribution in [0.1, 0.15) is 15.9 Å². The molecule has 0 saturated heterocycles. The molecule has 0 saturated carbocycles. The van der Waals surface area contributed by atoms with E-state index in [1.165, 1.54) is 0 Å². The highest BCUT2D eigenvalue weighted by Gasteiger charge is 2.21. The highest BCUT2D eigenvalue weighted by Crippen LogP contribution is 2.32. The summed E-state index contributed by atoms with van der Waals surface area (Å²) in [4.78, 5) is 23.9. The number of amides is 1. The molecule has 1 heterocycles. The maximum absolute atomic E-state index is 13.9. The van der Waals surface area contributed by atoms with Crippen LogP contribution in [-0.2, 0) is 16.0 Å². The van der Waals surface area contributed by atoms with E-state index >= 15 is 0 Å². The molecule has 0 unspecified atom stereocenters. The Bertz CT molecular complexity index is 853. The van der Waals surface area contributed by atoms with Crippen molar-refractivity contribution in [3.8, 4) is 11.5 Å². The molecule has 25 heavy (non-hydrogen) atoms. The first-order valence-corrected chi connectivity index (χ1v) is 7.23. The summed E-state index contributed by atoms with van der Waals surface area (Å²) in [6, 6.07) is 6.36. The molecule has 6 nitrogen and oxygen atoms in total. The van der Waals surface area contributed by atoms with Crippen molar-refractivity contribution >= 4 is 17.6 Å². The predicted molar refractivity (Wildman–Crippen MR) is 82.6 cm³/mol. The van der Waals surface area contributed by atoms with Gasteiger partial charge in [-0.2, -0.15) is 0 Å². The number of hydrogen-bond acceptors (Lipinski definition) is 5. The highest BCUT2D eigenvalue weighted by atomic mass is 19.1. The van der Waals surface area contributed by atoms with Gasteiger partial charge in [-0.25, -0.2) is 13.6 Å². The fourth-order valence-electron chi connectivity index (χ4n) is 2.41. The summed E-state index contributed by atoms with van der Waals surface area (Å²) >= 11 is 0. The van der Waals surface area contributed by atoms with Crippen molar-refractivity contribution in [3.05, 3.63) is 53.1 Å². The largest absolute Gasteiger partial charge is 0.465 e. The van der Waals surface area contributed by atoms with Gasteiger partial charge in [0.1, 0.15) is 17.2 Å². The number of rotatable bonds is 4. The zero-order valence-electron chi connectivity index (χ0n) is 13.1. The molecule has 130 valence electrons. The molecule has 0 aromatic heterocycles. The summed E-state index contributed by atoms with van der Waals surface area (Å²) in [6.45, 7) is 0.107. The number of esters is 1. The number of carbonyl (C=O) groups is 2. The fraction of sp³-hybridized carbons (Fsp3) is 0.176. The number of anilines is 1. The van der Waals surface area contributed by atoms with Crippen LogP contribution in [0.3, 0.4) is 0 Å². The van der Waals surface area contributed by atoms with Crippen molar-refractivity contribution < 1.29 is 32.6 Å². The van der Waals surface area contributed by atoms with Crippen molar-refractivity contribution in [2.24, 2.45) is 0 Å². The number of carbonyl (C=O) groups excluding carboxylic acids is 2. The lowest BCUT2D eigenvalue weighted by molar-refractivity contribution is -0.115. The summed E-state index contributed by atoms with van der Waals surface area (Å²) in [7, 11) is 1.06. The van der Waals surface area contributed by atoms with Gasteiger partial charge in [0.25, 0.3) is 0 Å². The zero-order valence-corrected chi connectivity index (χ0v) is 13.1. The van der Waals surface area contributed by atoms with Crippen LogP contribution in [0.15, 0.2) is 30.3 Å². The van der Waals surface area contributed by atoms with Crippen LogP contribution >= 0.6 is 0 Å². The van der Waals surface area contributed by atoms with Crippen molar-refractivity contribution in [3.63, 3.8) is 0 Å². The Morgan fingerprint density at radius 3 is 2.68 bits per heavy atom. The fourth-order valence-corrected chi connectivity index (χ4v) is 2.41. The van der Waals surface area contributed by atoms with E-state index in [1.54, 1.807) is 18.2 Å². The SMILES string of the molecule is COC(=O)c1c(F)cc(F)cc1NC(=O)Cc1ccc2c(c1)OCO2. The lowest BCUT2D eigenvalue weighted by Gasteiger charge is -2.11. The Morgan fingerprint density at radius 1 is 1.16 bits per heavy atom. The maximum Gasteiger partial charge on any atom is 0.342 e. The second-order valence-electron chi connectivity index (χ2n) is 5.21. The van der Waals surface area contributed by atoms with Gasteiger partial charge in [-0.05, 0) is 23.8 Å². The van der Waals surface area contributed by atoms with E-state index in [4.69, 9.17) is 9.47 Å². The summed E-state index contributed by atoms with van der Waals surface area (Å²) in [5.41, 5.74) is -0.226. The molecule has 2 aromatic carbocycles. The average molecular weight is 349 g/mol. The van der Waals surface area contributed by atoms with E-state index in [1.807, 2.05) is 0 Å². The third kappa shape index (κ3) is 3.52. The van der Waals surface area contributed by atoms with Crippen molar-refractivity contribution in [1.82, 2.24) is 0 Å². The van der Waals surface area contributed by atoms with Crippen LogP contribution in [0.25, 0.3) is 0 Å². The molecule has 0 spiro atoms. The van der Waals surface area contributed by atoms with Crippen molar-refractivity contribution in [2.75, 3.05) is 19.2 Å². The Balaban J connectivity index is 1.80. The minimum Gasteiger partial charge on any atom is -0.465 e. The first-order chi connectivity index (χ1) is 12.0.